The van der Waals surface area contributed by atoms with E-state index in [1.807, 2.05) is 24.3 Å². The molecular weight excluding hydrogens is 492 g/mol. The van der Waals surface area contributed by atoms with Crippen molar-refractivity contribution in [3.05, 3.63) is 64.7 Å². The van der Waals surface area contributed by atoms with Crippen molar-refractivity contribution in [3.8, 4) is 0 Å². The van der Waals surface area contributed by atoms with Crippen LogP contribution in [0.25, 0.3) is 0 Å². The number of nitrogens with zero attached hydrogens (tertiary/aromatic N) is 3. The predicted octanol–water partition coefficient (Wildman–Crippen LogP) is 1.96. The van der Waals surface area contributed by atoms with Gasteiger partial charge in [0.25, 0.3) is 5.91 Å². The van der Waals surface area contributed by atoms with Crippen molar-refractivity contribution in [2.45, 2.75) is 29.7 Å². The van der Waals surface area contributed by atoms with E-state index in [2.05, 4.69) is 5.32 Å². The summed E-state index contributed by atoms with van der Waals surface area (Å²) in [5.41, 5.74) is 0.691. The number of rotatable bonds is 4. The molecule has 0 radical (unpaired) electrons. The molecule has 1 spiro atoms. The Morgan fingerprint density at radius 2 is 1.69 bits per heavy atom. The lowest BCUT2D eigenvalue weighted by Crippen LogP contribution is -2.53. The number of hydrogen-bond donors (Lipinski definition) is 1. The third-order valence-electron chi connectivity index (χ3n) is 6.99. The second-order valence-electron chi connectivity index (χ2n) is 8.98. The second-order valence-corrected chi connectivity index (χ2v) is 11.4. The van der Waals surface area contributed by atoms with E-state index >= 15 is 0 Å². The zero-order chi connectivity index (χ0) is 24.8. The van der Waals surface area contributed by atoms with Crippen LogP contribution in [-0.4, -0.2) is 73.1 Å². The zero-order valence-corrected chi connectivity index (χ0v) is 20.5. The molecule has 35 heavy (non-hydrogen) atoms. The summed E-state index contributed by atoms with van der Waals surface area (Å²) in [6, 6.07) is 12.9. The highest BCUT2D eigenvalue weighted by Gasteiger charge is 2.54. The summed E-state index contributed by atoms with van der Waals surface area (Å²) in [7, 11) is -3.71. The molecule has 2 heterocycles. The van der Waals surface area contributed by atoms with Gasteiger partial charge in [0.05, 0.1) is 4.90 Å². The van der Waals surface area contributed by atoms with Crippen LogP contribution in [0.2, 0.25) is 5.02 Å². The Hall–Kier alpha value is -2.95. The highest BCUT2D eigenvalue weighted by Crippen LogP contribution is 2.39. The lowest BCUT2D eigenvalue weighted by Gasteiger charge is -2.35. The maximum atomic E-state index is 13.4. The minimum Gasteiger partial charge on any atom is -0.338 e. The molecule has 9 nitrogen and oxygen atoms in total. The number of piperazine rings is 1. The van der Waals surface area contributed by atoms with Gasteiger partial charge in [-0.05, 0) is 54.7 Å². The molecule has 184 valence electrons. The Morgan fingerprint density at radius 1 is 1.00 bits per heavy atom. The summed E-state index contributed by atoms with van der Waals surface area (Å²) in [5, 5.41) is 3.30. The molecule has 2 aliphatic heterocycles. The number of carbonyl (C=O) groups is 3. The van der Waals surface area contributed by atoms with Crippen molar-refractivity contribution in [2.24, 2.45) is 0 Å². The van der Waals surface area contributed by atoms with E-state index in [9.17, 15) is 22.8 Å². The van der Waals surface area contributed by atoms with Gasteiger partial charge in [0.2, 0.25) is 15.9 Å². The van der Waals surface area contributed by atoms with E-state index in [4.69, 9.17) is 11.6 Å². The fourth-order valence-electron chi connectivity index (χ4n) is 5.12. The van der Waals surface area contributed by atoms with E-state index in [0.29, 0.717) is 11.4 Å². The van der Waals surface area contributed by atoms with Crippen LogP contribution in [0.3, 0.4) is 0 Å². The summed E-state index contributed by atoms with van der Waals surface area (Å²) >= 11 is 5.86. The Balaban J connectivity index is 1.25. The number of aryl methyl sites for hydroxylation is 1. The molecular formula is C24H25ClN4O5S. The Morgan fingerprint density at radius 3 is 2.40 bits per heavy atom. The Bertz CT molecular complexity index is 1290. The standard InChI is InChI=1S/C24H25ClN4O5S/c25-18-7-9-19(10-8-18)35(33,34)28-14-12-27(13-15-28)21(30)16-29-22(31)24(26-23(29)32)11-3-5-17-4-1-2-6-20(17)24/h1-2,4,6-10H,3,5,11-16H2,(H,26,32). The van der Waals surface area contributed by atoms with Gasteiger partial charge in [-0.3, -0.25) is 14.5 Å². The number of urea groups is 1. The van der Waals surface area contributed by atoms with Crippen LogP contribution in [0, 0.1) is 0 Å². The van der Waals surface area contributed by atoms with E-state index < -0.39 is 33.4 Å². The second kappa shape index (κ2) is 8.92. The fraction of sp³-hybridized carbons (Fsp3) is 0.375. The first-order chi connectivity index (χ1) is 16.7. The average molecular weight is 517 g/mol. The van der Waals surface area contributed by atoms with E-state index in [1.165, 1.54) is 33.5 Å². The number of imide groups is 1. The van der Waals surface area contributed by atoms with Gasteiger partial charge in [0.1, 0.15) is 12.1 Å². The Kier molecular flexibility index (Phi) is 6.06. The number of benzene rings is 2. The van der Waals surface area contributed by atoms with Crippen molar-refractivity contribution < 1.29 is 22.8 Å². The van der Waals surface area contributed by atoms with Crippen LogP contribution < -0.4 is 5.32 Å². The molecule has 1 N–H and O–H groups in total. The number of halogens is 1. The van der Waals surface area contributed by atoms with Crippen molar-refractivity contribution in [3.63, 3.8) is 0 Å². The van der Waals surface area contributed by atoms with Gasteiger partial charge in [0, 0.05) is 31.2 Å². The molecule has 2 saturated heterocycles. The minimum atomic E-state index is -3.71. The molecule has 1 atom stereocenters. The first-order valence-electron chi connectivity index (χ1n) is 11.5. The third kappa shape index (κ3) is 4.09. The summed E-state index contributed by atoms with van der Waals surface area (Å²) in [5.74, 6) is -0.801. The third-order valence-corrected chi connectivity index (χ3v) is 9.15. The number of carbonyl (C=O) groups excluding carboxylic acids is 3. The van der Waals surface area contributed by atoms with Crippen LogP contribution in [-0.2, 0) is 31.6 Å². The summed E-state index contributed by atoms with van der Waals surface area (Å²) in [4.78, 5) is 41.8. The zero-order valence-electron chi connectivity index (χ0n) is 18.9. The first-order valence-corrected chi connectivity index (χ1v) is 13.3. The predicted molar refractivity (Wildman–Crippen MR) is 128 cm³/mol. The van der Waals surface area contributed by atoms with Crippen LogP contribution >= 0.6 is 11.6 Å². The van der Waals surface area contributed by atoms with Gasteiger partial charge in [-0.25, -0.2) is 13.2 Å². The lowest BCUT2D eigenvalue weighted by molar-refractivity contribution is -0.140. The fourth-order valence-corrected chi connectivity index (χ4v) is 6.67. The maximum absolute atomic E-state index is 13.4. The van der Waals surface area contributed by atoms with Crippen LogP contribution in [0.1, 0.15) is 24.0 Å². The number of nitrogens with one attached hydrogen (secondary N) is 1. The van der Waals surface area contributed by atoms with E-state index in [1.54, 1.807) is 0 Å². The van der Waals surface area contributed by atoms with Gasteiger partial charge >= 0.3 is 6.03 Å². The maximum Gasteiger partial charge on any atom is 0.325 e. The molecule has 0 aromatic heterocycles. The summed E-state index contributed by atoms with van der Waals surface area (Å²) < 4.78 is 27.1. The van der Waals surface area contributed by atoms with E-state index in [0.717, 1.165) is 28.9 Å². The summed E-state index contributed by atoms with van der Waals surface area (Å²) in [6.45, 7) is 0.202. The van der Waals surface area contributed by atoms with Crippen molar-refractivity contribution in [1.29, 1.82) is 0 Å². The molecule has 2 aromatic rings. The normalized spacial score (nSPS) is 22.9. The van der Waals surface area contributed by atoms with Crippen molar-refractivity contribution in [1.82, 2.24) is 19.4 Å². The number of sulfonamides is 1. The molecule has 5 rings (SSSR count). The SMILES string of the molecule is O=C(CN1C(=O)NC2(CCCc3ccccc32)C1=O)N1CCN(S(=O)(=O)c2ccc(Cl)cc2)CC1. The topological polar surface area (TPSA) is 107 Å². The number of fused-ring (bicyclic) bond motifs is 2. The van der Waals surface area contributed by atoms with Gasteiger partial charge in [0.15, 0.2) is 0 Å². The van der Waals surface area contributed by atoms with Gasteiger partial charge in [-0.2, -0.15) is 4.31 Å². The molecule has 1 aliphatic carbocycles. The molecule has 2 fully saturated rings. The highest BCUT2D eigenvalue weighted by molar-refractivity contribution is 7.89. The molecule has 11 heteroatoms. The van der Waals surface area contributed by atoms with Crippen LogP contribution in [0.4, 0.5) is 4.79 Å². The highest BCUT2D eigenvalue weighted by atomic mass is 35.5. The quantitative estimate of drug-likeness (QED) is 0.625. The summed E-state index contributed by atoms with van der Waals surface area (Å²) in [6.07, 6.45) is 2.08. The molecule has 3 aliphatic rings. The van der Waals surface area contributed by atoms with E-state index in [-0.39, 0.29) is 37.6 Å². The smallest absolute Gasteiger partial charge is 0.325 e. The van der Waals surface area contributed by atoms with Gasteiger partial charge < -0.3 is 10.2 Å². The van der Waals surface area contributed by atoms with Crippen LogP contribution in [0.15, 0.2) is 53.4 Å². The monoisotopic (exact) mass is 516 g/mol. The molecule has 0 saturated carbocycles. The molecule has 4 amide bonds. The number of amides is 4. The van der Waals surface area contributed by atoms with Crippen LogP contribution in [0.5, 0.6) is 0 Å². The first kappa shape index (κ1) is 23.8. The minimum absolute atomic E-state index is 0.119. The lowest BCUT2D eigenvalue weighted by atomic mass is 9.76. The molecule has 0 bridgehead atoms. The number of hydrogen-bond acceptors (Lipinski definition) is 5. The Labute approximate surface area is 208 Å². The average Bonchev–Trinajstić information content (AvgIpc) is 3.09. The molecule has 1 unspecified atom stereocenters. The van der Waals surface area contributed by atoms with Gasteiger partial charge in [-0.1, -0.05) is 35.9 Å². The van der Waals surface area contributed by atoms with Crippen molar-refractivity contribution in [2.75, 3.05) is 32.7 Å². The van der Waals surface area contributed by atoms with Gasteiger partial charge in [-0.15, -0.1) is 0 Å². The van der Waals surface area contributed by atoms with Crippen molar-refractivity contribution >= 4 is 39.5 Å². The largest absolute Gasteiger partial charge is 0.338 e. The molecule has 2 aromatic carbocycles.